The molecule has 0 N–H and O–H groups in total. The second kappa shape index (κ2) is 5.92. The summed E-state index contributed by atoms with van der Waals surface area (Å²) in [5, 5.41) is 1.84. The summed E-state index contributed by atoms with van der Waals surface area (Å²) in [6.45, 7) is 0. The third-order valence-electron chi connectivity index (χ3n) is 2.68. The lowest BCUT2D eigenvalue weighted by atomic mass is 10.2. The molecule has 0 saturated heterocycles. The molecule has 1 heterocycles. The second-order valence-corrected chi connectivity index (χ2v) is 5.26. The van der Waals surface area contributed by atoms with Gasteiger partial charge in [-0.15, -0.1) is 0 Å². The third-order valence-corrected chi connectivity index (χ3v) is 3.20. The number of rotatable bonds is 4. The average molecular weight is 294 g/mol. The van der Waals surface area contributed by atoms with Crippen LogP contribution < -0.4 is 14.9 Å². The van der Waals surface area contributed by atoms with Crippen LogP contribution in [0.5, 0.6) is 11.5 Å². The van der Waals surface area contributed by atoms with E-state index in [1.807, 2.05) is 0 Å². The van der Waals surface area contributed by atoms with Crippen molar-refractivity contribution in [3.63, 3.8) is 0 Å². The zero-order valence-corrected chi connectivity index (χ0v) is 12.2. The fourth-order valence-electron chi connectivity index (χ4n) is 1.79. The van der Waals surface area contributed by atoms with Crippen molar-refractivity contribution in [3.05, 3.63) is 39.6 Å². The van der Waals surface area contributed by atoms with Crippen LogP contribution in [0.3, 0.4) is 0 Å². The van der Waals surface area contributed by atoms with Gasteiger partial charge in [0.25, 0.3) is 0 Å². The fourth-order valence-corrected chi connectivity index (χ4v) is 2.12. The van der Waals surface area contributed by atoms with E-state index in [9.17, 15) is 9.00 Å². The summed E-state index contributed by atoms with van der Waals surface area (Å²) in [6.07, 6.45) is 3.02. The fraction of sp³-hybridized carbons (Fsp3) is 0.214. The first-order valence-corrected chi connectivity index (χ1v) is 7.38. The Bertz CT molecular complexity index is 745. The van der Waals surface area contributed by atoms with Crippen LogP contribution in [0.2, 0.25) is 0 Å². The van der Waals surface area contributed by atoms with Crippen LogP contribution in [0.25, 0.3) is 17.0 Å². The first-order valence-electron chi connectivity index (χ1n) is 5.76. The van der Waals surface area contributed by atoms with E-state index < -0.39 is 10.8 Å². The molecule has 2 rings (SSSR count). The van der Waals surface area contributed by atoms with Crippen molar-refractivity contribution < 1.29 is 18.1 Å². The second-order valence-electron chi connectivity index (χ2n) is 3.99. The van der Waals surface area contributed by atoms with Crippen LogP contribution in [0.4, 0.5) is 0 Å². The van der Waals surface area contributed by atoms with E-state index in [-0.39, 0.29) is 5.43 Å². The van der Waals surface area contributed by atoms with Gasteiger partial charge in [-0.05, 0) is 18.2 Å². The van der Waals surface area contributed by atoms with E-state index in [4.69, 9.17) is 13.9 Å². The Morgan fingerprint density at radius 2 is 2.00 bits per heavy atom. The number of hydrogen-bond donors (Lipinski definition) is 0. The summed E-state index contributed by atoms with van der Waals surface area (Å²) < 4.78 is 27.1. The molecular formula is C14H14O5S. The largest absolute Gasteiger partial charge is 0.493 e. The minimum atomic E-state index is -1.12. The quantitative estimate of drug-likeness (QED) is 0.864. The molecule has 0 aliphatic carbocycles. The highest BCUT2D eigenvalue weighted by atomic mass is 32.2. The van der Waals surface area contributed by atoms with Gasteiger partial charge in [0.2, 0.25) is 5.75 Å². The Labute approximate surface area is 118 Å². The van der Waals surface area contributed by atoms with Crippen molar-refractivity contribution in [1.82, 2.24) is 0 Å². The van der Waals surface area contributed by atoms with Crippen molar-refractivity contribution in [1.29, 1.82) is 0 Å². The molecule has 0 bridgehead atoms. The van der Waals surface area contributed by atoms with Gasteiger partial charge in [0.05, 0.1) is 19.6 Å². The first kappa shape index (κ1) is 14.3. The van der Waals surface area contributed by atoms with E-state index in [1.54, 1.807) is 12.1 Å². The molecule has 0 radical (unpaired) electrons. The van der Waals surface area contributed by atoms with Gasteiger partial charge < -0.3 is 13.9 Å². The van der Waals surface area contributed by atoms with Gasteiger partial charge >= 0.3 is 0 Å². The molecule has 0 saturated carbocycles. The molecule has 6 heteroatoms. The molecule has 5 nitrogen and oxygen atoms in total. The number of benzene rings is 1. The summed E-state index contributed by atoms with van der Waals surface area (Å²) in [4.78, 5) is 12.0. The molecule has 0 amide bonds. The lowest BCUT2D eigenvalue weighted by molar-refractivity contribution is 0.352. The van der Waals surface area contributed by atoms with Gasteiger partial charge in [-0.3, -0.25) is 9.00 Å². The van der Waals surface area contributed by atoms with Crippen molar-refractivity contribution in [2.24, 2.45) is 0 Å². The molecule has 2 aromatic rings. The molecule has 0 aliphatic heterocycles. The van der Waals surface area contributed by atoms with E-state index in [0.29, 0.717) is 28.2 Å². The summed E-state index contributed by atoms with van der Waals surface area (Å²) in [6, 6.07) is 4.61. The van der Waals surface area contributed by atoms with Gasteiger partial charge in [-0.25, -0.2) is 0 Å². The smallest absolute Gasteiger partial charge is 0.204 e. The topological polar surface area (TPSA) is 65.7 Å². The van der Waals surface area contributed by atoms with Crippen LogP contribution in [-0.4, -0.2) is 24.7 Å². The predicted octanol–water partition coefficient (Wildman–Crippen LogP) is 2.16. The Morgan fingerprint density at radius 1 is 1.25 bits per heavy atom. The van der Waals surface area contributed by atoms with Gasteiger partial charge in [-0.1, -0.05) is 0 Å². The van der Waals surface area contributed by atoms with E-state index in [0.717, 1.165) is 0 Å². The molecule has 1 aromatic heterocycles. The monoisotopic (exact) mass is 294 g/mol. The van der Waals surface area contributed by atoms with Crippen LogP contribution in [0.1, 0.15) is 5.76 Å². The van der Waals surface area contributed by atoms with E-state index >= 15 is 0 Å². The molecule has 106 valence electrons. The molecule has 1 atom stereocenters. The highest BCUT2D eigenvalue weighted by molar-refractivity contribution is 7.87. The molecule has 1 aromatic carbocycles. The van der Waals surface area contributed by atoms with Crippen molar-refractivity contribution in [3.8, 4) is 11.5 Å². The summed E-state index contributed by atoms with van der Waals surface area (Å²) in [5.74, 6) is 1.14. The van der Waals surface area contributed by atoms with E-state index in [2.05, 4.69) is 0 Å². The molecule has 20 heavy (non-hydrogen) atoms. The highest BCUT2D eigenvalue weighted by Gasteiger charge is 2.14. The van der Waals surface area contributed by atoms with Gasteiger partial charge in [-0.2, -0.15) is 0 Å². The van der Waals surface area contributed by atoms with Gasteiger partial charge in [0, 0.05) is 28.5 Å². The van der Waals surface area contributed by atoms with Crippen molar-refractivity contribution >= 4 is 27.8 Å². The Kier molecular flexibility index (Phi) is 4.24. The minimum absolute atomic E-state index is 0.200. The Morgan fingerprint density at radius 3 is 2.60 bits per heavy atom. The molecule has 0 spiro atoms. The summed E-state index contributed by atoms with van der Waals surface area (Å²) in [5.41, 5.74) is 0.106. The lowest BCUT2D eigenvalue weighted by Gasteiger charge is -2.09. The molecule has 0 fully saturated rings. The van der Waals surface area contributed by atoms with E-state index in [1.165, 1.54) is 38.0 Å². The van der Waals surface area contributed by atoms with Gasteiger partial charge in [0.15, 0.2) is 16.8 Å². The maximum Gasteiger partial charge on any atom is 0.204 e. The number of ether oxygens (including phenoxy) is 2. The zero-order chi connectivity index (χ0) is 14.7. The van der Waals surface area contributed by atoms with Crippen molar-refractivity contribution in [2.75, 3.05) is 20.5 Å². The number of hydrogen-bond acceptors (Lipinski definition) is 5. The number of fused-ring (bicyclic) bond motifs is 1. The predicted molar refractivity (Wildman–Crippen MR) is 78.7 cm³/mol. The average Bonchev–Trinajstić information content (AvgIpc) is 2.43. The zero-order valence-electron chi connectivity index (χ0n) is 11.3. The molecule has 0 aliphatic rings. The van der Waals surface area contributed by atoms with Crippen LogP contribution >= 0.6 is 0 Å². The first-order chi connectivity index (χ1) is 9.56. The SMILES string of the molecule is COc1ccc2c(=O)cc(C=CS(C)=O)oc2c1OC. The van der Waals surface area contributed by atoms with Crippen LogP contribution in [0.15, 0.2) is 32.8 Å². The highest BCUT2D eigenvalue weighted by Crippen LogP contribution is 2.34. The molecular weight excluding hydrogens is 280 g/mol. The normalized spacial score (nSPS) is 12.8. The lowest BCUT2D eigenvalue weighted by Crippen LogP contribution is -2.02. The van der Waals surface area contributed by atoms with Crippen LogP contribution in [0, 0.1) is 0 Å². The van der Waals surface area contributed by atoms with Crippen LogP contribution in [-0.2, 0) is 10.8 Å². The standard InChI is InChI=1S/C14H14O5S/c1-17-12-5-4-10-11(15)8-9(6-7-20(3)16)19-13(10)14(12)18-2/h4-8H,1-3H3. The Hall–Kier alpha value is -2.08. The maximum absolute atomic E-state index is 12.0. The minimum Gasteiger partial charge on any atom is -0.493 e. The van der Waals surface area contributed by atoms with Gasteiger partial charge in [0.1, 0.15) is 5.76 Å². The third kappa shape index (κ3) is 2.75. The maximum atomic E-state index is 12.0. The summed E-state index contributed by atoms with van der Waals surface area (Å²) >= 11 is 0. The summed E-state index contributed by atoms with van der Waals surface area (Å²) in [7, 11) is 1.86. The molecule has 1 unspecified atom stereocenters. The van der Waals surface area contributed by atoms with Crippen molar-refractivity contribution in [2.45, 2.75) is 0 Å². The number of methoxy groups -OCH3 is 2. The Balaban J connectivity index is 2.73.